The molecule has 1 aromatic carbocycles. The number of fused-ring (bicyclic) bond motifs is 1. The van der Waals surface area contributed by atoms with Gasteiger partial charge < -0.3 is 24.1 Å². The van der Waals surface area contributed by atoms with Gasteiger partial charge in [-0.1, -0.05) is 6.07 Å². The van der Waals surface area contributed by atoms with E-state index in [1.165, 1.54) is 0 Å². The predicted octanol–water partition coefficient (Wildman–Crippen LogP) is 3.90. The summed E-state index contributed by atoms with van der Waals surface area (Å²) in [7, 11) is 1.57. The van der Waals surface area contributed by atoms with Crippen molar-refractivity contribution in [1.82, 2.24) is 14.3 Å². The molecule has 0 aliphatic carbocycles. The SMILES string of the molecule is CCN(CC)C(=O)CCCC(=O)Nc1ccc(OC)c(OCc2cn3ccccc3n2)c1. The number of carbonyl (C=O) groups excluding carboxylic acids is 2. The number of nitrogens with one attached hydrogen (secondary N) is 1. The number of pyridine rings is 1. The smallest absolute Gasteiger partial charge is 0.224 e. The fraction of sp³-hybridized carbons (Fsp3) is 0.375. The lowest BCUT2D eigenvalue weighted by molar-refractivity contribution is -0.130. The van der Waals surface area contributed by atoms with Gasteiger partial charge in [0.15, 0.2) is 11.5 Å². The van der Waals surface area contributed by atoms with Crippen molar-refractivity contribution in [2.24, 2.45) is 0 Å². The Kier molecular flexibility index (Phi) is 8.08. The molecule has 0 aliphatic heterocycles. The quantitative estimate of drug-likeness (QED) is 0.491. The Morgan fingerprint density at radius 3 is 2.62 bits per heavy atom. The van der Waals surface area contributed by atoms with Gasteiger partial charge in [-0.2, -0.15) is 0 Å². The van der Waals surface area contributed by atoms with Crippen molar-refractivity contribution in [2.45, 2.75) is 39.7 Å². The fourth-order valence-electron chi connectivity index (χ4n) is 3.43. The summed E-state index contributed by atoms with van der Waals surface area (Å²) in [5, 5.41) is 2.87. The van der Waals surface area contributed by atoms with Crippen LogP contribution in [0.1, 0.15) is 38.8 Å². The average molecular weight is 439 g/mol. The lowest BCUT2D eigenvalue weighted by Gasteiger charge is -2.18. The van der Waals surface area contributed by atoms with E-state index in [1.54, 1.807) is 30.2 Å². The maximum Gasteiger partial charge on any atom is 0.224 e. The molecule has 0 aliphatic rings. The lowest BCUT2D eigenvalue weighted by Crippen LogP contribution is -2.30. The minimum atomic E-state index is -0.145. The normalized spacial score (nSPS) is 10.7. The number of anilines is 1. The van der Waals surface area contributed by atoms with E-state index in [2.05, 4.69) is 10.3 Å². The number of benzene rings is 1. The molecule has 0 atom stereocenters. The Labute approximate surface area is 188 Å². The summed E-state index contributed by atoms with van der Waals surface area (Å²) < 4.78 is 13.2. The number of methoxy groups -OCH3 is 1. The molecule has 0 fully saturated rings. The van der Waals surface area contributed by atoms with Gasteiger partial charge >= 0.3 is 0 Å². The van der Waals surface area contributed by atoms with Gasteiger partial charge in [-0.05, 0) is 44.5 Å². The first-order valence-corrected chi connectivity index (χ1v) is 10.8. The third kappa shape index (κ3) is 6.00. The molecule has 0 saturated carbocycles. The minimum absolute atomic E-state index is 0.0786. The van der Waals surface area contributed by atoms with E-state index in [4.69, 9.17) is 9.47 Å². The molecule has 2 heterocycles. The third-order valence-corrected chi connectivity index (χ3v) is 5.15. The number of ether oxygens (including phenoxy) is 2. The van der Waals surface area contributed by atoms with E-state index < -0.39 is 0 Å². The van der Waals surface area contributed by atoms with Crippen LogP contribution in [0.15, 0.2) is 48.8 Å². The van der Waals surface area contributed by atoms with Crippen LogP contribution < -0.4 is 14.8 Å². The molecule has 0 saturated heterocycles. The summed E-state index contributed by atoms with van der Waals surface area (Å²) in [5.74, 6) is 1.01. The molecule has 32 heavy (non-hydrogen) atoms. The molecule has 3 rings (SSSR count). The highest BCUT2D eigenvalue weighted by Gasteiger charge is 2.12. The maximum absolute atomic E-state index is 12.3. The van der Waals surface area contributed by atoms with E-state index in [1.807, 2.05) is 48.8 Å². The van der Waals surface area contributed by atoms with E-state index in [0.717, 1.165) is 11.3 Å². The number of rotatable bonds is 11. The van der Waals surface area contributed by atoms with Gasteiger partial charge in [-0.15, -0.1) is 0 Å². The van der Waals surface area contributed by atoms with Crippen molar-refractivity contribution < 1.29 is 19.1 Å². The predicted molar refractivity (Wildman–Crippen MR) is 123 cm³/mol. The summed E-state index contributed by atoms with van der Waals surface area (Å²) in [6.45, 7) is 5.54. The maximum atomic E-state index is 12.3. The van der Waals surface area contributed by atoms with E-state index in [9.17, 15) is 9.59 Å². The Morgan fingerprint density at radius 1 is 1.09 bits per heavy atom. The highest BCUT2D eigenvalue weighted by Crippen LogP contribution is 2.31. The molecule has 2 amide bonds. The number of hydrogen-bond donors (Lipinski definition) is 1. The van der Waals surface area contributed by atoms with Crippen molar-refractivity contribution in [3.8, 4) is 11.5 Å². The second kappa shape index (κ2) is 11.2. The van der Waals surface area contributed by atoms with Crippen LogP contribution in [0.4, 0.5) is 5.69 Å². The van der Waals surface area contributed by atoms with Crippen LogP contribution in [0.25, 0.3) is 5.65 Å². The van der Waals surface area contributed by atoms with Crippen molar-refractivity contribution in [2.75, 3.05) is 25.5 Å². The molecule has 1 N–H and O–H groups in total. The highest BCUT2D eigenvalue weighted by atomic mass is 16.5. The molecule has 170 valence electrons. The average Bonchev–Trinajstić information content (AvgIpc) is 3.21. The van der Waals surface area contributed by atoms with Gasteiger partial charge in [0.1, 0.15) is 12.3 Å². The third-order valence-electron chi connectivity index (χ3n) is 5.15. The summed E-state index contributed by atoms with van der Waals surface area (Å²) in [5.41, 5.74) is 2.24. The standard InChI is InChI=1S/C24H30N4O4/c1-4-27(5-2)24(30)11-8-10-23(29)26-18-12-13-20(31-3)21(15-18)32-17-19-16-28-14-7-6-9-22(28)25-19/h6-7,9,12-16H,4-5,8,10-11,17H2,1-3H3,(H,26,29). The van der Waals surface area contributed by atoms with Gasteiger partial charge in [0, 0.05) is 50.1 Å². The highest BCUT2D eigenvalue weighted by molar-refractivity contribution is 5.91. The second-order valence-electron chi connectivity index (χ2n) is 7.32. The Hall–Kier alpha value is -3.55. The molecule has 0 radical (unpaired) electrons. The zero-order valence-electron chi connectivity index (χ0n) is 18.8. The van der Waals surface area contributed by atoms with Gasteiger partial charge in [0.25, 0.3) is 0 Å². The van der Waals surface area contributed by atoms with Crippen LogP contribution >= 0.6 is 0 Å². The summed E-state index contributed by atoms with van der Waals surface area (Å²) in [4.78, 5) is 30.7. The van der Waals surface area contributed by atoms with Gasteiger partial charge in [-0.3, -0.25) is 9.59 Å². The molecule has 0 spiro atoms. The van der Waals surface area contributed by atoms with Crippen LogP contribution in [0.3, 0.4) is 0 Å². The Bertz CT molecular complexity index is 1030. The van der Waals surface area contributed by atoms with Crippen molar-refractivity contribution in [1.29, 1.82) is 0 Å². The fourth-order valence-corrected chi connectivity index (χ4v) is 3.43. The number of hydrogen-bond acceptors (Lipinski definition) is 5. The molecule has 0 unspecified atom stereocenters. The zero-order valence-corrected chi connectivity index (χ0v) is 18.8. The molecule has 3 aromatic rings. The van der Waals surface area contributed by atoms with Gasteiger partial charge in [0.05, 0.1) is 12.8 Å². The molecule has 8 heteroatoms. The van der Waals surface area contributed by atoms with E-state index >= 15 is 0 Å². The monoisotopic (exact) mass is 438 g/mol. The number of amides is 2. The van der Waals surface area contributed by atoms with Crippen molar-refractivity contribution in [3.63, 3.8) is 0 Å². The number of imidazole rings is 1. The first-order valence-electron chi connectivity index (χ1n) is 10.8. The van der Waals surface area contributed by atoms with E-state index in [-0.39, 0.29) is 24.8 Å². The summed E-state index contributed by atoms with van der Waals surface area (Å²) >= 11 is 0. The second-order valence-corrected chi connectivity index (χ2v) is 7.32. The first kappa shape index (κ1) is 23.1. The van der Waals surface area contributed by atoms with Crippen LogP contribution in [-0.4, -0.2) is 46.3 Å². The molecular weight excluding hydrogens is 408 g/mol. The van der Waals surface area contributed by atoms with Crippen molar-refractivity contribution >= 4 is 23.1 Å². The number of nitrogens with zero attached hydrogens (tertiary/aromatic N) is 3. The zero-order chi connectivity index (χ0) is 22.9. The van der Waals surface area contributed by atoms with Crippen molar-refractivity contribution in [3.05, 3.63) is 54.5 Å². The molecule has 2 aromatic heterocycles. The Morgan fingerprint density at radius 2 is 1.91 bits per heavy atom. The van der Waals surface area contributed by atoms with Crippen LogP contribution in [0.5, 0.6) is 11.5 Å². The topological polar surface area (TPSA) is 85.2 Å². The number of aromatic nitrogens is 2. The molecule has 8 nitrogen and oxygen atoms in total. The first-order chi connectivity index (χ1) is 15.5. The summed E-state index contributed by atoms with van der Waals surface area (Å²) in [6.07, 6.45) is 4.99. The largest absolute Gasteiger partial charge is 0.493 e. The van der Waals surface area contributed by atoms with Gasteiger partial charge in [0.2, 0.25) is 11.8 Å². The molecular formula is C24H30N4O4. The van der Waals surface area contributed by atoms with Crippen LogP contribution in [0.2, 0.25) is 0 Å². The minimum Gasteiger partial charge on any atom is -0.493 e. The molecule has 0 bridgehead atoms. The van der Waals surface area contributed by atoms with Crippen LogP contribution in [0, 0.1) is 0 Å². The summed E-state index contributed by atoms with van der Waals surface area (Å²) in [6, 6.07) is 11.0. The lowest BCUT2D eigenvalue weighted by atomic mass is 10.2. The van der Waals surface area contributed by atoms with Crippen LogP contribution in [-0.2, 0) is 16.2 Å². The van der Waals surface area contributed by atoms with E-state index in [0.29, 0.717) is 43.1 Å². The van der Waals surface area contributed by atoms with Gasteiger partial charge in [-0.25, -0.2) is 4.98 Å². The Balaban J connectivity index is 1.56. The number of carbonyl (C=O) groups is 2.